The van der Waals surface area contributed by atoms with Crippen LogP contribution in [0.25, 0.3) is 0 Å². The fraction of sp³-hybridized carbons (Fsp3) is 0.417. The van der Waals surface area contributed by atoms with Gasteiger partial charge in [-0.2, -0.15) is 0 Å². The van der Waals surface area contributed by atoms with Gasteiger partial charge < -0.3 is 20.2 Å². The molecule has 32 heavy (non-hydrogen) atoms. The maximum atomic E-state index is 13.6. The zero-order valence-corrected chi connectivity index (χ0v) is 18.8. The van der Waals surface area contributed by atoms with E-state index in [0.29, 0.717) is 29.3 Å². The molecule has 0 bridgehead atoms. The molecule has 2 aliphatic rings. The topological polar surface area (TPSA) is 98.1 Å². The van der Waals surface area contributed by atoms with Gasteiger partial charge in [-0.3, -0.25) is 9.59 Å². The van der Waals surface area contributed by atoms with Gasteiger partial charge in [-0.1, -0.05) is 47.5 Å². The Balaban J connectivity index is 1.85. The van der Waals surface area contributed by atoms with E-state index in [1.165, 1.54) is 0 Å². The molecule has 2 aromatic rings. The van der Waals surface area contributed by atoms with Crippen molar-refractivity contribution in [1.29, 1.82) is 0 Å². The normalized spacial score (nSPS) is 30.5. The molecule has 1 saturated heterocycles. The van der Waals surface area contributed by atoms with Crippen LogP contribution in [0, 0.1) is 5.92 Å². The van der Waals surface area contributed by atoms with Crippen molar-refractivity contribution in [2.45, 2.75) is 55.9 Å². The smallest absolute Gasteiger partial charge is 0.304 e. The van der Waals surface area contributed by atoms with Gasteiger partial charge in [0.15, 0.2) is 0 Å². The number of carboxylic acids is 1. The predicted octanol–water partition coefficient (Wildman–Crippen LogP) is 4.03. The molecule has 3 N–H and O–H groups in total. The van der Waals surface area contributed by atoms with Gasteiger partial charge in [0.1, 0.15) is 6.10 Å². The van der Waals surface area contributed by atoms with Gasteiger partial charge in [0, 0.05) is 21.9 Å². The number of carbonyl (C=O) groups is 2. The van der Waals surface area contributed by atoms with Gasteiger partial charge in [0.2, 0.25) is 5.91 Å². The fourth-order valence-corrected chi connectivity index (χ4v) is 5.51. The lowest BCUT2D eigenvalue weighted by Crippen LogP contribution is -2.55. The summed E-state index contributed by atoms with van der Waals surface area (Å²) in [5.74, 6) is -2.36. The average molecular weight is 478 g/mol. The molecule has 1 heterocycles. The Kier molecular flexibility index (Phi) is 6.77. The van der Waals surface area contributed by atoms with Crippen molar-refractivity contribution in [1.82, 2.24) is 4.90 Å². The molecule has 6 atom stereocenters. The molecule has 1 amide bonds. The zero-order valence-electron chi connectivity index (χ0n) is 17.3. The largest absolute Gasteiger partial charge is 0.481 e. The van der Waals surface area contributed by atoms with Crippen LogP contribution < -0.4 is 0 Å². The van der Waals surface area contributed by atoms with E-state index in [2.05, 4.69) is 0 Å². The van der Waals surface area contributed by atoms with E-state index < -0.39 is 36.2 Å². The summed E-state index contributed by atoms with van der Waals surface area (Å²) < 4.78 is 0. The van der Waals surface area contributed by atoms with Gasteiger partial charge in [-0.05, 0) is 54.7 Å². The maximum absolute atomic E-state index is 13.6. The molecule has 2 fully saturated rings. The van der Waals surface area contributed by atoms with Crippen LogP contribution in [0.2, 0.25) is 10.0 Å². The maximum Gasteiger partial charge on any atom is 0.304 e. The van der Waals surface area contributed by atoms with Crippen LogP contribution in [0.3, 0.4) is 0 Å². The Morgan fingerprint density at radius 1 is 1.00 bits per heavy atom. The summed E-state index contributed by atoms with van der Waals surface area (Å²) in [5, 5.41) is 31.4. The molecule has 0 spiro atoms. The summed E-state index contributed by atoms with van der Waals surface area (Å²) in [5.41, 5.74) is 1.72. The van der Waals surface area contributed by atoms with E-state index in [1.807, 2.05) is 30.3 Å². The number of aliphatic hydroxyl groups excluding tert-OH is 2. The van der Waals surface area contributed by atoms with Crippen molar-refractivity contribution in [3.05, 3.63) is 69.7 Å². The molecule has 0 radical (unpaired) electrons. The molecular formula is C24H25Cl2NO5. The number of nitrogens with zero attached hydrogens (tertiary/aromatic N) is 1. The number of hydrogen-bond acceptors (Lipinski definition) is 4. The Morgan fingerprint density at radius 3 is 2.31 bits per heavy atom. The Labute approximate surface area is 196 Å². The monoisotopic (exact) mass is 477 g/mol. The van der Waals surface area contributed by atoms with Crippen molar-refractivity contribution in [3.8, 4) is 0 Å². The number of carbonyl (C=O) groups excluding carboxylic acids is 1. The highest BCUT2D eigenvalue weighted by molar-refractivity contribution is 6.30. The molecule has 1 aliphatic carbocycles. The molecule has 6 nitrogen and oxygen atoms in total. The third-order valence-electron chi connectivity index (χ3n) is 6.64. The summed E-state index contributed by atoms with van der Waals surface area (Å²) in [6.07, 6.45) is -1.19. The first kappa shape index (κ1) is 23.1. The number of hydrogen-bond donors (Lipinski definition) is 3. The van der Waals surface area contributed by atoms with Gasteiger partial charge in [0.05, 0.1) is 24.6 Å². The second kappa shape index (κ2) is 9.40. The second-order valence-electron chi connectivity index (χ2n) is 8.64. The molecule has 8 heteroatoms. The Morgan fingerprint density at radius 2 is 1.72 bits per heavy atom. The predicted molar refractivity (Wildman–Crippen MR) is 121 cm³/mol. The Hall–Kier alpha value is -2.12. The van der Waals surface area contributed by atoms with E-state index >= 15 is 0 Å². The number of amides is 1. The third-order valence-corrected chi connectivity index (χ3v) is 7.12. The van der Waals surface area contributed by atoms with Crippen molar-refractivity contribution < 1.29 is 24.9 Å². The first-order valence-corrected chi connectivity index (χ1v) is 11.4. The van der Waals surface area contributed by atoms with Crippen LogP contribution in [0.5, 0.6) is 0 Å². The lowest BCUT2D eigenvalue weighted by atomic mass is 9.74. The molecule has 2 unspecified atom stereocenters. The van der Waals surface area contributed by atoms with Crippen LogP contribution in [-0.4, -0.2) is 50.3 Å². The number of likely N-dealkylation sites (tertiary alicyclic amines) is 1. The molecule has 2 aromatic carbocycles. The first-order chi connectivity index (χ1) is 15.3. The van der Waals surface area contributed by atoms with Gasteiger partial charge >= 0.3 is 5.97 Å². The highest BCUT2D eigenvalue weighted by Crippen LogP contribution is 2.49. The van der Waals surface area contributed by atoms with E-state index in [9.17, 15) is 24.9 Å². The number of carboxylic acid groups (broad SMARTS) is 1. The number of halogens is 2. The molecule has 170 valence electrons. The average Bonchev–Trinajstić information content (AvgIpc) is 3.08. The van der Waals surface area contributed by atoms with Crippen molar-refractivity contribution in [3.63, 3.8) is 0 Å². The second-order valence-corrected chi connectivity index (χ2v) is 9.51. The van der Waals surface area contributed by atoms with E-state index in [-0.39, 0.29) is 18.2 Å². The standard InChI is InChI=1S/C24H25Cl2NO5/c25-16-6-4-13(5-7-16)22-18(14-2-1-3-17(26)10-14)11-15(12-21(29)30)24(32)27(22)19-8-9-20(28)23(19)31/h1-7,10,15,18-20,22-23,28,31H,8-9,11-12H2,(H,29,30)/t15?,18-,19+,20-,22?,23+/m1/s1. The number of piperidine rings is 1. The minimum absolute atomic E-state index is 0.248. The van der Waals surface area contributed by atoms with E-state index in [0.717, 1.165) is 11.1 Å². The lowest BCUT2D eigenvalue weighted by Gasteiger charge is -2.48. The first-order valence-electron chi connectivity index (χ1n) is 10.7. The minimum atomic E-state index is -1.10. The SMILES string of the molecule is O=C(O)CC1C[C@H](c2cccc(Cl)c2)C(c2ccc(Cl)cc2)N([C@H]2CC[C@@H](O)[C@H]2O)C1=O. The van der Waals surface area contributed by atoms with Gasteiger partial charge in [0.25, 0.3) is 0 Å². The molecular weight excluding hydrogens is 453 g/mol. The number of rotatable bonds is 5. The highest BCUT2D eigenvalue weighted by atomic mass is 35.5. The van der Waals surface area contributed by atoms with Crippen LogP contribution >= 0.6 is 23.2 Å². The lowest BCUT2D eigenvalue weighted by molar-refractivity contribution is -0.155. The summed E-state index contributed by atoms with van der Waals surface area (Å²) in [4.78, 5) is 26.8. The van der Waals surface area contributed by atoms with Crippen LogP contribution in [0.1, 0.15) is 48.8 Å². The van der Waals surface area contributed by atoms with Gasteiger partial charge in [-0.25, -0.2) is 0 Å². The fourth-order valence-electron chi connectivity index (χ4n) is 5.18. The van der Waals surface area contributed by atoms with Crippen LogP contribution in [-0.2, 0) is 9.59 Å². The quantitative estimate of drug-likeness (QED) is 0.603. The van der Waals surface area contributed by atoms with Crippen molar-refractivity contribution in [2.75, 3.05) is 0 Å². The van der Waals surface area contributed by atoms with Gasteiger partial charge in [-0.15, -0.1) is 0 Å². The summed E-state index contributed by atoms with van der Waals surface area (Å²) in [6.45, 7) is 0. The van der Waals surface area contributed by atoms with Crippen molar-refractivity contribution in [2.24, 2.45) is 5.92 Å². The Bertz CT molecular complexity index is 998. The van der Waals surface area contributed by atoms with E-state index in [4.69, 9.17) is 23.2 Å². The highest BCUT2D eigenvalue weighted by Gasteiger charge is 2.50. The third kappa shape index (κ3) is 4.50. The van der Waals surface area contributed by atoms with Crippen molar-refractivity contribution >= 4 is 35.1 Å². The summed E-state index contributed by atoms with van der Waals surface area (Å²) in [6, 6.07) is 13.5. The van der Waals surface area contributed by atoms with Crippen LogP contribution in [0.15, 0.2) is 48.5 Å². The number of aliphatic carboxylic acids is 1. The zero-order chi connectivity index (χ0) is 23.0. The molecule has 4 rings (SSSR count). The van der Waals surface area contributed by atoms with Crippen LogP contribution in [0.4, 0.5) is 0 Å². The summed E-state index contributed by atoms with van der Waals surface area (Å²) >= 11 is 12.4. The minimum Gasteiger partial charge on any atom is -0.481 e. The molecule has 1 aliphatic heterocycles. The number of benzene rings is 2. The molecule has 0 aromatic heterocycles. The summed E-state index contributed by atoms with van der Waals surface area (Å²) in [7, 11) is 0. The van der Waals surface area contributed by atoms with E-state index in [1.54, 1.807) is 23.1 Å². The number of aliphatic hydroxyl groups is 2. The molecule has 1 saturated carbocycles.